The van der Waals surface area contributed by atoms with Crippen LogP contribution in [0.5, 0.6) is 5.75 Å². The van der Waals surface area contributed by atoms with E-state index in [9.17, 15) is 0 Å². The zero-order valence-corrected chi connectivity index (χ0v) is 7.33. The molecule has 1 aromatic carbocycles. The number of ether oxygens (including phenoxy) is 2. The normalized spacial score (nSPS) is 9.83. The zero-order valence-electron chi connectivity index (χ0n) is 7.33. The van der Waals surface area contributed by atoms with E-state index in [2.05, 4.69) is 0 Å². The average Bonchev–Trinajstić information content (AvgIpc) is 2.05. The molecule has 0 fully saturated rings. The second-order valence-electron chi connectivity index (χ2n) is 2.47. The summed E-state index contributed by atoms with van der Waals surface area (Å²) in [5, 5.41) is 0. The Balaban J connectivity index is 3.00. The van der Waals surface area contributed by atoms with Crippen molar-refractivity contribution >= 4 is 5.69 Å². The molecule has 0 aliphatic rings. The summed E-state index contributed by atoms with van der Waals surface area (Å²) in [5.74, 6) is 0.708. The van der Waals surface area contributed by atoms with Gasteiger partial charge in [0, 0.05) is 12.7 Å². The van der Waals surface area contributed by atoms with Crippen LogP contribution in [0.25, 0.3) is 0 Å². The highest BCUT2D eigenvalue weighted by molar-refractivity contribution is 5.56. The first-order valence-electron chi connectivity index (χ1n) is 3.70. The summed E-state index contributed by atoms with van der Waals surface area (Å²) in [6.07, 6.45) is 0. The van der Waals surface area contributed by atoms with Crippen LogP contribution in [0.4, 0.5) is 5.69 Å². The molecular formula is C9H13NO2. The molecule has 2 N–H and O–H groups in total. The Labute approximate surface area is 72.1 Å². The largest absolute Gasteiger partial charge is 0.494 e. The van der Waals surface area contributed by atoms with Gasteiger partial charge in [-0.1, -0.05) is 12.1 Å². The summed E-state index contributed by atoms with van der Waals surface area (Å²) in [7, 11) is 3.24. The van der Waals surface area contributed by atoms with Crippen LogP contribution >= 0.6 is 0 Å². The molecule has 0 bridgehead atoms. The van der Waals surface area contributed by atoms with Crippen molar-refractivity contribution in [2.24, 2.45) is 0 Å². The Morgan fingerprint density at radius 3 is 2.67 bits per heavy atom. The molecule has 0 atom stereocenters. The van der Waals surface area contributed by atoms with Crippen molar-refractivity contribution in [2.45, 2.75) is 6.61 Å². The second-order valence-corrected chi connectivity index (χ2v) is 2.47. The third-order valence-electron chi connectivity index (χ3n) is 1.63. The van der Waals surface area contributed by atoms with Gasteiger partial charge in [-0.2, -0.15) is 0 Å². The minimum Gasteiger partial charge on any atom is -0.494 e. The number of rotatable bonds is 3. The van der Waals surface area contributed by atoms with Crippen molar-refractivity contribution in [2.75, 3.05) is 20.0 Å². The predicted octanol–water partition coefficient (Wildman–Crippen LogP) is 1.42. The maximum Gasteiger partial charge on any atom is 0.147 e. The van der Waals surface area contributed by atoms with Gasteiger partial charge in [-0.25, -0.2) is 0 Å². The molecule has 0 radical (unpaired) electrons. The van der Waals surface area contributed by atoms with E-state index < -0.39 is 0 Å². The third-order valence-corrected chi connectivity index (χ3v) is 1.63. The van der Waals surface area contributed by atoms with Crippen molar-refractivity contribution in [1.82, 2.24) is 0 Å². The Hall–Kier alpha value is -1.22. The minimum atomic E-state index is 0.522. The van der Waals surface area contributed by atoms with Gasteiger partial charge in [-0.15, -0.1) is 0 Å². The predicted molar refractivity (Wildman–Crippen MR) is 48.1 cm³/mol. The summed E-state index contributed by atoms with van der Waals surface area (Å²) in [5.41, 5.74) is 7.30. The van der Waals surface area contributed by atoms with E-state index >= 15 is 0 Å². The molecule has 0 heterocycles. The van der Waals surface area contributed by atoms with Crippen molar-refractivity contribution < 1.29 is 9.47 Å². The van der Waals surface area contributed by atoms with E-state index in [0.717, 1.165) is 5.56 Å². The van der Waals surface area contributed by atoms with Crippen molar-refractivity contribution in [3.05, 3.63) is 23.8 Å². The number of nitrogen functional groups attached to an aromatic ring is 1. The van der Waals surface area contributed by atoms with Crippen LogP contribution in [-0.4, -0.2) is 14.2 Å². The van der Waals surface area contributed by atoms with Crippen LogP contribution in [0, 0.1) is 0 Å². The van der Waals surface area contributed by atoms with Gasteiger partial charge in [-0.05, 0) is 6.07 Å². The molecule has 3 nitrogen and oxygen atoms in total. The van der Waals surface area contributed by atoms with Gasteiger partial charge in [0.15, 0.2) is 0 Å². The topological polar surface area (TPSA) is 44.5 Å². The van der Waals surface area contributed by atoms with Crippen molar-refractivity contribution in [3.63, 3.8) is 0 Å². The van der Waals surface area contributed by atoms with Crippen molar-refractivity contribution in [3.8, 4) is 5.75 Å². The van der Waals surface area contributed by atoms with Crippen molar-refractivity contribution in [1.29, 1.82) is 0 Å². The lowest BCUT2D eigenvalue weighted by Gasteiger charge is -2.09. The van der Waals surface area contributed by atoms with E-state index in [1.54, 1.807) is 20.3 Å². The first kappa shape index (κ1) is 8.87. The Morgan fingerprint density at radius 2 is 2.08 bits per heavy atom. The van der Waals surface area contributed by atoms with E-state index in [1.165, 1.54) is 0 Å². The molecule has 0 spiro atoms. The fraction of sp³-hybridized carbons (Fsp3) is 0.333. The Morgan fingerprint density at radius 1 is 1.33 bits per heavy atom. The lowest BCUT2D eigenvalue weighted by Crippen LogP contribution is -1.98. The summed E-state index contributed by atoms with van der Waals surface area (Å²) >= 11 is 0. The van der Waals surface area contributed by atoms with E-state index in [0.29, 0.717) is 18.0 Å². The highest BCUT2D eigenvalue weighted by Crippen LogP contribution is 2.25. The van der Waals surface area contributed by atoms with Gasteiger partial charge in [-0.3, -0.25) is 0 Å². The second kappa shape index (κ2) is 3.97. The summed E-state index contributed by atoms with van der Waals surface area (Å²) in [6, 6.07) is 5.61. The van der Waals surface area contributed by atoms with Gasteiger partial charge in [0.2, 0.25) is 0 Å². The fourth-order valence-electron chi connectivity index (χ4n) is 1.12. The lowest BCUT2D eigenvalue weighted by molar-refractivity contribution is 0.182. The number of para-hydroxylation sites is 1. The molecule has 0 aliphatic heterocycles. The fourth-order valence-corrected chi connectivity index (χ4v) is 1.12. The van der Waals surface area contributed by atoms with Crippen LogP contribution < -0.4 is 10.5 Å². The van der Waals surface area contributed by atoms with Gasteiger partial charge in [0.1, 0.15) is 5.75 Å². The minimum absolute atomic E-state index is 0.522. The number of methoxy groups -OCH3 is 2. The molecule has 0 aromatic heterocycles. The number of hydrogen-bond acceptors (Lipinski definition) is 3. The van der Waals surface area contributed by atoms with Gasteiger partial charge in [0.25, 0.3) is 0 Å². The molecule has 0 amide bonds. The van der Waals surface area contributed by atoms with Crippen LogP contribution in [0.2, 0.25) is 0 Å². The van der Waals surface area contributed by atoms with E-state index in [1.807, 2.05) is 12.1 Å². The van der Waals surface area contributed by atoms with Crippen LogP contribution in [0.3, 0.4) is 0 Å². The summed E-state index contributed by atoms with van der Waals surface area (Å²) < 4.78 is 10.1. The molecule has 3 heteroatoms. The van der Waals surface area contributed by atoms with Gasteiger partial charge in [0.05, 0.1) is 19.4 Å². The van der Waals surface area contributed by atoms with Crippen LogP contribution in [0.1, 0.15) is 5.56 Å². The standard InChI is InChI=1S/C9H13NO2/c1-11-6-7-4-3-5-8(10)9(7)12-2/h3-5H,6,10H2,1-2H3. The van der Waals surface area contributed by atoms with Gasteiger partial charge >= 0.3 is 0 Å². The van der Waals surface area contributed by atoms with Crippen LogP contribution in [-0.2, 0) is 11.3 Å². The smallest absolute Gasteiger partial charge is 0.147 e. The highest BCUT2D eigenvalue weighted by Gasteiger charge is 2.04. The molecule has 0 aliphatic carbocycles. The molecule has 1 rings (SSSR count). The average molecular weight is 167 g/mol. The summed E-state index contributed by atoms with van der Waals surface area (Å²) in [4.78, 5) is 0. The number of benzene rings is 1. The summed E-state index contributed by atoms with van der Waals surface area (Å²) in [6.45, 7) is 0.522. The molecule has 0 saturated carbocycles. The zero-order chi connectivity index (χ0) is 8.97. The molecule has 66 valence electrons. The maximum atomic E-state index is 5.68. The molecule has 0 unspecified atom stereocenters. The lowest BCUT2D eigenvalue weighted by atomic mass is 10.2. The monoisotopic (exact) mass is 167 g/mol. The molecule has 0 saturated heterocycles. The molecule has 1 aromatic rings. The number of anilines is 1. The Bertz CT molecular complexity index is 261. The maximum absolute atomic E-state index is 5.68. The quantitative estimate of drug-likeness (QED) is 0.692. The van der Waals surface area contributed by atoms with Gasteiger partial charge < -0.3 is 15.2 Å². The number of nitrogens with two attached hydrogens (primary N) is 1. The first-order valence-corrected chi connectivity index (χ1v) is 3.70. The van der Waals surface area contributed by atoms with E-state index in [-0.39, 0.29) is 0 Å². The van der Waals surface area contributed by atoms with E-state index in [4.69, 9.17) is 15.2 Å². The third kappa shape index (κ3) is 1.68. The SMILES string of the molecule is COCc1cccc(N)c1OC. The Kier molecular flexibility index (Phi) is 2.94. The first-order chi connectivity index (χ1) is 5.79. The molecule has 12 heavy (non-hydrogen) atoms. The highest BCUT2D eigenvalue weighted by atomic mass is 16.5. The molecular weight excluding hydrogens is 154 g/mol. The van der Waals surface area contributed by atoms with Crippen LogP contribution in [0.15, 0.2) is 18.2 Å². The number of hydrogen-bond donors (Lipinski definition) is 1.